The third kappa shape index (κ3) is 4.01. The number of rotatable bonds is 4. The van der Waals surface area contributed by atoms with Crippen LogP contribution in [0.3, 0.4) is 0 Å². The van der Waals surface area contributed by atoms with Crippen LogP contribution in [0.5, 0.6) is 0 Å². The van der Waals surface area contributed by atoms with Crippen molar-refractivity contribution in [3.05, 3.63) is 35.9 Å². The van der Waals surface area contributed by atoms with Gasteiger partial charge in [0, 0.05) is 18.2 Å². The lowest BCUT2D eigenvalue weighted by Gasteiger charge is -2.16. The van der Waals surface area contributed by atoms with Gasteiger partial charge in [0.25, 0.3) is 0 Å². The number of anilines is 1. The maximum Gasteiger partial charge on any atom is 0.417 e. The molecule has 1 N–H and O–H groups in total. The van der Waals surface area contributed by atoms with E-state index in [1.54, 1.807) is 6.92 Å². The number of alkyl halides is 3. The third-order valence-electron chi connectivity index (χ3n) is 2.26. The lowest BCUT2D eigenvalue weighted by atomic mass is 10.0. The van der Waals surface area contributed by atoms with Gasteiger partial charge in [0.05, 0.1) is 12.2 Å². The highest BCUT2D eigenvalue weighted by atomic mass is 19.4. The molecule has 3 nitrogen and oxygen atoms in total. The summed E-state index contributed by atoms with van der Waals surface area (Å²) >= 11 is 0. The first-order chi connectivity index (χ1) is 8.75. The molecule has 0 saturated heterocycles. The van der Waals surface area contributed by atoms with Gasteiger partial charge in [-0.25, -0.2) is 0 Å². The molecule has 104 valence electrons. The van der Waals surface area contributed by atoms with E-state index in [1.807, 2.05) is 0 Å². The van der Waals surface area contributed by atoms with Crippen LogP contribution in [-0.2, 0) is 15.7 Å². The molecule has 1 rings (SSSR count). The Morgan fingerprint density at radius 3 is 2.53 bits per heavy atom. The van der Waals surface area contributed by atoms with Crippen LogP contribution in [0.15, 0.2) is 24.8 Å². The van der Waals surface area contributed by atoms with Crippen LogP contribution in [0.4, 0.5) is 18.9 Å². The van der Waals surface area contributed by atoms with E-state index >= 15 is 0 Å². The standard InChI is InChI=1S/C13H14F3NO2/c1-4-19-8(2)11-6-5-10(17-9(3)18)7-12(11)13(14,15)16/h5-7H,2,4H2,1,3H3,(H,17,18). The fourth-order valence-electron chi connectivity index (χ4n) is 1.55. The minimum absolute atomic E-state index is 0.0517. The fourth-order valence-corrected chi connectivity index (χ4v) is 1.55. The van der Waals surface area contributed by atoms with E-state index in [4.69, 9.17) is 4.74 Å². The van der Waals surface area contributed by atoms with Crippen molar-refractivity contribution in [2.75, 3.05) is 11.9 Å². The van der Waals surface area contributed by atoms with Gasteiger partial charge in [-0.2, -0.15) is 13.2 Å². The summed E-state index contributed by atoms with van der Waals surface area (Å²) in [5, 5.41) is 2.31. The number of amides is 1. The quantitative estimate of drug-likeness (QED) is 0.850. The maximum absolute atomic E-state index is 13.0. The molecule has 6 heteroatoms. The summed E-state index contributed by atoms with van der Waals surface area (Å²) in [6, 6.07) is 3.46. The Labute approximate surface area is 109 Å². The van der Waals surface area contributed by atoms with Crippen molar-refractivity contribution >= 4 is 17.4 Å². The number of benzene rings is 1. The Kier molecular flexibility index (Phi) is 4.58. The molecule has 0 saturated carbocycles. The average Bonchev–Trinajstić information content (AvgIpc) is 2.27. The van der Waals surface area contributed by atoms with Crippen molar-refractivity contribution in [1.82, 2.24) is 0 Å². The van der Waals surface area contributed by atoms with E-state index in [0.29, 0.717) is 0 Å². The average molecular weight is 273 g/mol. The summed E-state index contributed by atoms with van der Waals surface area (Å²) < 4.78 is 43.9. The zero-order valence-electron chi connectivity index (χ0n) is 10.6. The Morgan fingerprint density at radius 1 is 1.42 bits per heavy atom. The zero-order valence-corrected chi connectivity index (χ0v) is 10.6. The molecule has 1 amide bonds. The highest BCUT2D eigenvalue weighted by Gasteiger charge is 2.34. The Bertz CT molecular complexity index is 495. The molecule has 0 unspecified atom stereocenters. The second kappa shape index (κ2) is 5.77. The van der Waals surface area contributed by atoms with Gasteiger partial charge in [0.1, 0.15) is 5.76 Å². The molecule has 0 aromatic heterocycles. The molecule has 0 radical (unpaired) electrons. The molecule has 1 aromatic rings. The van der Waals surface area contributed by atoms with Crippen molar-refractivity contribution in [1.29, 1.82) is 0 Å². The second-order valence-corrected chi connectivity index (χ2v) is 3.80. The van der Waals surface area contributed by atoms with Gasteiger partial charge in [-0.15, -0.1) is 0 Å². The topological polar surface area (TPSA) is 38.3 Å². The van der Waals surface area contributed by atoms with Crippen LogP contribution < -0.4 is 5.32 Å². The maximum atomic E-state index is 13.0. The number of halogens is 3. The molecule has 0 heterocycles. The SMILES string of the molecule is C=C(OCC)c1ccc(NC(C)=O)cc1C(F)(F)F. The van der Waals surface area contributed by atoms with Crippen molar-refractivity contribution in [3.8, 4) is 0 Å². The van der Waals surface area contributed by atoms with Crippen molar-refractivity contribution in [2.24, 2.45) is 0 Å². The highest BCUT2D eigenvalue weighted by molar-refractivity contribution is 5.89. The van der Waals surface area contributed by atoms with Gasteiger partial charge in [-0.3, -0.25) is 4.79 Å². The lowest BCUT2D eigenvalue weighted by Crippen LogP contribution is -2.12. The number of hydrogen-bond acceptors (Lipinski definition) is 2. The first kappa shape index (κ1) is 15.1. The molecule has 0 bridgehead atoms. The molecule has 1 aromatic carbocycles. The van der Waals surface area contributed by atoms with E-state index < -0.39 is 17.6 Å². The molecular formula is C13H14F3NO2. The summed E-state index contributed by atoms with van der Waals surface area (Å²) in [5.74, 6) is -0.492. The highest BCUT2D eigenvalue weighted by Crippen LogP contribution is 2.36. The predicted octanol–water partition coefficient (Wildman–Crippen LogP) is 3.67. The first-order valence-electron chi connectivity index (χ1n) is 5.56. The van der Waals surface area contributed by atoms with Gasteiger partial charge in [-0.05, 0) is 25.1 Å². The number of nitrogens with one attached hydrogen (secondary N) is 1. The van der Waals surface area contributed by atoms with Crippen LogP contribution in [0.1, 0.15) is 25.0 Å². The van der Waals surface area contributed by atoms with Crippen molar-refractivity contribution in [2.45, 2.75) is 20.0 Å². The van der Waals surface area contributed by atoms with Gasteiger partial charge in [0.2, 0.25) is 5.91 Å². The molecule has 19 heavy (non-hydrogen) atoms. The predicted molar refractivity (Wildman–Crippen MR) is 66.4 cm³/mol. The molecular weight excluding hydrogens is 259 g/mol. The van der Waals surface area contributed by atoms with Crippen molar-refractivity contribution < 1.29 is 22.7 Å². The fraction of sp³-hybridized carbons (Fsp3) is 0.308. The summed E-state index contributed by atoms with van der Waals surface area (Å²) in [4.78, 5) is 10.9. The van der Waals surface area contributed by atoms with Gasteiger partial charge in [-0.1, -0.05) is 6.58 Å². The molecule has 0 aliphatic rings. The van der Waals surface area contributed by atoms with E-state index in [-0.39, 0.29) is 23.6 Å². The van der Waals surface area contributed by atoms with Crippen LogP contribution in [0.25, 0.3) is 5.76 Å². The van der Waals surface area contributed by atoms with Gasteiger partial charge in [0.15, 0.2) is 0 Å². The summed E-state index contributed by atoms with van der Waals surface area (Å²) in [6.07, 6.45) is -4.55. The summed E-state index contributed by atoms with van der Waals surface area (Å²) in [7, 11) is 0. The second-order valence-electron chi connectivity index (χ2n) is 3.80. The summed E-state index contributed by atoms with van der Waals surface area (Å²) in [6.45, 7) is 6.58. The van der Waals surface area contributed by atoms with E-state index in [2.05, 4.69) is 11.9 Å². The zero-order chi connectivity index (χ0) is 14.6. The minimum Gasteiger partial charge on any atom is -0.494 e. The number of carbonyl (C=O) groups is 1. The van der Waals surface area contributed by atoms with Crippen LogP contribution in [0.2, 0.25) is 0 Å². The first-order valence-corrected chi connectivity index (χ1v) is 5.56. The van der Waals surface area contributed by atoms with Crippen LogP contribution in [-0.4, -0.2) is 12.5 Å². The third-order valence-corrected chi connectivity index (χ3v) is 2.26. The Balaban J connectivity index is 3.25. The summed E-state index contributed by atoms with van der Waals surface area (Å²) in [5.41, 5.74) is -0.950. The minimum atomic E-state index is -4.55. The monoisotopic (exact) mass is 273 g/mol. The lowest BCUT2D eigenvalue weighted by molar-refractivity contribution is -0.138. The van der Waals surface area contributed by atoms with E-state index in [1.165, 1.54) is 19.1 Å². The molecule has 0 atom stereocenters. The number of carbonyl (C=O) groups excluding carboxylic acids is 1. The van der Waals surface area contributed by atoms with Gasteiger partial charge >= 0.3 is 6.18 Å². The molecule has 0 spiro atoms. The Morgan fingerprint density at radius 2 is 2.05 bits per heavy atom. The van der Waals surface area contributed by atoms with E-state index in [0.717, 1.165) is 6.07 Å². The molecule has 0 aliphatic carbocycles. The molecule has 0 fully saturated rings. The molecule has 0 aliphatic heterocycles. The van der Waals surface area contributed by atoms with Crippen LogP contribution in [0, 0.1) is 0 Å². The largest absolute Gasteiger partial charge is 0.494 e. The van der Waals surface area contributed by atoms with Crippen molar-refractivity contribution in [3.63, 3.8) is 0 Å². The Hall–Kier alpha value is -1.98. The number of hydrogen-bond donors (Lipinski definition) is 1. The normalized spacial score (nSPS) is 11.0. The van der Waals surface area contributed by atoms with Gasteiger partial charge < -0.3 is 10.1 Å². The number of ether oxygens (including phenoxy) is 1. The smallest absolute Gasteiger partial charge is 0.417 e. The van der Waals surface area contributed by atoms with E-state index in [9.17, 15) is 18.0 Å². The van der Waals surface area contributed by atoms with Crippen LogP contribution >= 0.6 is 0 Å².